The highest BCUT2D eigenvalue weighted by Crippen LogP contribution is 2.29. The van der Waals surface area contributed by atoms with E-state index in [9.17, 15) is 14.4 Å². The Labute approximate surface area is 186 Å². The maximum absolute atomic E-state index is 12.7. The zero-order chi connectivity index (χ0) is 22.5. The fourth-order valence-corrected chi connectivity index (χ4v) is 3.72. The zero-order valence-electron chi connectivity index (χ0n) is 17.8. The van der Waals surface area contributed by atoms with Crippen molar-refractivity contribution in [3.63, 3.8) is 0 Å². The first-order valence-corrected chi connectivity index (χ1v) is 10.6. The number of H-pyrrole nitrogens is 1. The van der Waals surface area contributed by atoms with Gasteiger partial charge in [0.2, 0.25) is 17.7 Å². The Hall–Kier alpha value is -3.94. The molecule has 8 heteroatoms. The van der Waals surface area contributed by atoms with Gasteiger partial charge in [-0.3, -0.25) is 14.4 Å². The van der Waals surface area contributed by atoms with Crippen molar-refractivity contribution < 1.29 is 14.4 Å². The second-order valence-corrected chi connectivity index (χ2v) is 7.62. The van der Waals surface area contributed by atoms with E-state index in [0.29, 0.717) is 23.6 Å². The predicted octanol–water partition coefficient (Wildman–Crippen LogP) is 3.41. The van der Waals surface area contributed by atoms with Crippen molar-refractivity contribution >= 4 is 29.1 Å². The molecule has 3 amide bonds. The Morgan fingerprint density at radius 3 is 2.62 bits per heavy atom. The first-order chi connectivity index (χ1) is 15.5. The van der Waals surface area contributed by atoms with Crippen LogP contribution in [0.3, 0.4) is 0 Å². The summed E-state index contributed by atoms with van der Waals surface area (Å²) in [5, 5.41) is 5.70. The van der Waals surface area contributed by atoms with Crippen molar-refractivity contribution in [2.45, 2.75) is 32.2 Å². The largest absolute Gasteiger partial charge is 0.346 e. The molecule has 0 saturated carbocycles. The molecule has 0 saturated heterocycles. The molecule has 1 unspecified atom stereocenters. The number of amides is 3. The SMILES string of the molecule is CCC(NC(=O)CCC(=O)N1CC(=O)Nc2ccccc21)c1ncc(-c2ccccc2)[nH]1. The number of nitrogens with one attached hydrogen (secondary N) is 3. The van der Waals surface area contributed by atoms with E-state index in [2.05, 4.69) is 20.6 Å². The van der Waals surface area contributed by atoms with Crippen LogP contribution in [-0.2, 0) is 14.4 Å². The molecule has 3 N–H and O–H groups in total. The van der Waals surface area contributed by atoms with Crippen LogP contribution in [0.15, 0.2) is 60.8 Å². The summed E-state index contributed by atoms with van der Waals surface area (Å²) in [4.78, 5) is 46.4. The lowest BCUT2D eigenvalue weighted by molar-refractivity contribution is -0.126. The van der Waals surface area contributed by atoms with Gasteiger partial charge in [0.1, 0.15) is 12.4 Å². The quantitative estimate of drug-likeness (QED) is 0.533. The van der Waals surface area contributed by atoms with Gasteiger partial charge < -0.3 is 20.5 Å². The third kappa shape index (κ3) is 4.69. The minimum Gasteiger partial charge on any atom is -0.346 e. The fraction of sp³-hybridized carbons (Fsp3) is 0.250. The number of hydrogen-bond acceptors (Lipinski definition) is 4. The molecule has 3 aromatic rings. The number of hydrogen-bond donors (Lipinski definition) is 3. The summed E-state index contributed by atoms with van der Waals surface area (Å²) in [5.41, 5.74) is 3.14. The van der Waals surface area contributed by atoms with Gasteiger partial charge in [-0.2, -0.15) is 0 Å². The lowest BCUT2D eigenvalue weighted by atomic mass is 10.1. The Kier molecular flexibility index (Phi) is 6.30. The molecule has 0 fully saturated rings. The van der Waals surface area contributed by atoms with Crippen LogP contribution in [-0.4, -0.2) is 34.2 Å². The molecule has 0 bridgehead atoms. The molecular formula is C24H25N5O3. The lowest BCUT2D eigenvalue weighted by Crippen LogP contribution is -2.42. The molecule has 4 rings (SSSR count). The molecule has 0 radical (unpaired) electrons. The van der Waals surface area contributed by atoms with Crippen molar-refractivity contribution in [2.24, 2.45) is 0 Å². The summed E-state index contributed by atoms with van der Waals surface area (Å²) in [7, 11) is 0. The topological polar surface area (TPSA) is 107 Å². The van der Waals surface area contributed by atoms with E-state index in [4.69, 9.17) is 0 Å². The number of carbonyl (C=O) groups is 3. The maximum atomic E-state index is 12.7. The van der Waals surface area contributed by atoms with Gasteiger partial charge in [0.15, 0.2) is 0 Å². The molecule has 1 aliphatic rings. The van der Waals surface area contributed by atoms with Gasteiger partial charge in [0.25, 0.3) is 0 Å². The van der Waals surface area contributed by atoms with Crippen molar-refractivity contribution in [3.05, 3.63) is 66.6 Å². The van der Waals surface area contributed by atoms with Crippen LogP contribution in [0, 0.1) is 0 Å². The Morgan fingerprint density at radius 2 is 1.84 bits per heavy atom. The minimum absolute atomic E-state index is 0.0112. The second kappa shape index (κ2) is 9.47. The van der Waals surface area contributed by atoms with Crippen LogP contribution < -0.4 is 15.5 Å². The first-order valence-electron chi connectivity index (χ1n) is 10.6. The summed E-state index contributed by atoms with van der Waals surface area (Å²) >= 11 is 0. The third-order valence-electron chi connectivity index (χ3n) is 5.39. The van der Waals surface area contributed by atoms with Crippen molar-refractivity contribution in [2.75, 3.05) is 16.8 Å². The molecule has 32 heavy (non-hydrogen) atoms. The second-order valence-electron chi connectivity index (χ2n) is 7.62. The van der Waals surface area contributed by atoms with Gasteiger partial charge >= 0.3 is 0 Å². The maximum Gasteiger partial charge on any atom is 0.244 e. The van der Waals surface area contributed by atoms with Crippen LogP contribution in [0.2, 0.25) is 0 Å². The van der Waals surface area contributed by atoms with Crippen LogP contribution in [0.1, 0.15) is 38.1 Å². The molecule has 8 nitrogen and oxygen atoms in total. The van der Waals surface area contributed by atoms with Crippen LogP contribution in [0.25, 0.3) is 11.3 Å². The summed E-state index contributed by atoms with van der Waals surface area (Å²) in [5.74, 6) is -0.0790. The number of anilines is 2. The number of nitrogens with zero attached hydrogens (tertiary/aromatic N) is 2. The normalized spacial score (nSPS) is 13.8. The van der Waals surface area contributed by atoms with E-state index in [1.165, 1.54) is 4.90 Å². The smallest absolute Gasteiger partial charge is 0.244 e. The van der Waals surface area contributed by atoms with Crippen molar-refractivity contribution in [3.8, 4) is 11.3 Å². The highest BCUT2D eigenvalue weighted by atomic mass is 16.2. The van der Waals surface area contributed by atoms with Crippen molar-refractivity contribution in [1.29, 1.82) is 0 Å². The van der Waals surface area contributed by atoms with E-state index in [1.54, 1.807) is 24.4 Å². The molecule has 0 aliphatic carbocycles. The van der Waals surface area contributed by atoms with E-state index in [-0.39, 0.29) is 43.1 Å². The molecule has 1 aliphatic heterocycles. The average Bonchev–Trinajstić information content (AvgIpc) is 3.31. The molecule has 2 heterocycles. The van der Waals surface area contributed by atoms with Crippen molar-refractivity contribution in [1.82, 2.24) is 15.3 Å². The van der Waals surface area contributed by atoms with Gasteiger partial charge in [0, 0.05) is 12.8 Å². The van der Waals surface area contributed by atoms with Gasteiger partial charge in [-0.1, -0.05) is 49.4 Å². The van der Waals surface area contributed by atoms with Crippen LogP contribution in [0.5, 0.6) is 0 Å². The average molecular weight is 431 g/mol. The van der Waals surface area contributed by atoms with Gasteiger partial charge in [-0.15, -0.1) is 0 Å². The Morgan fingerprint density at radius 1 is 1.09 bits per heavy atom. The molecule has 1 aromatic heterocycles. The number of benzene rings is 2. The number of rotatable bonds is 7. The zero-order valence-corrected chi connectivity index (χ0v) is 17.8. The standard InChI is InChI=1S/C24H25N5O3/c1-2-17(24-25-14-19(28-24)16-8-4-3-5-9-16)26-21(30)12-13-23(32)29-15-22(31)27-18-10-6-7-11-20(18)29/h3-11,14,17H,2,12-13,15H2,1H3,(H,25,28)(H,26,30)(H,27,31). The monoisotopic (exact) mass is 431 g/mol. The summed E-state index contributed by atoms with van der Waals surface area (Å²) in [6.45, 7) is 1.91. The molecule has 2 aromatic carbocycles. The van der Waals surface area contributed by atoms with E-state index in [0.717, 1.165) is 11.3 Å². The summed E-state index contributed by atoms with van der Waals surface area (Å²) < 4.78 is 0. The highest BCUT2D eigenvalue weighted by molar-refractivity contribution is 6.10. The predicted molar refractivity (Wildman–Crippen MR) is 122 cm³/mol. The number of aromatic amines is 1. The molecule has 0 spiro atoms. The molecule has 164 valence electrons. The number of imidazole rings is 1. The number of fused-ring (bicyclic) bond motifs is 1. The van der Waals surface area contributed by atoms with E-state index >= 15 is 0 Å². The van der Waals surface area contributed by atoms with Gasteiger partial charge in [0.05, 0.1) is 29.3 Å². The first kappa shape index (κ1) is 21.3. The number of para-hydroxylation sites is 2. The van der Waals surface area contributed by atoms with E-state index < -0.39 is 0 Å². The Bertz CT molecular complexity index is 1130. The fourth-order valence-electron chi connectivity index (χ4n) is 3.72. The van der Waals surface area contributed by atoms with E-state index in [1.807, 2.05) is 43.3 Å². The molecular weight excluding hydrogens is 406 g/mol. The highest BCUT2D eigenvalue weighted by Gasteiger charge is 2.27. The van der Waals surface area contributed by atoms with Crippen LogP contribution in [0.4, 0.5) is 11.4 Å². The lowest BCUT2D eigenvalue weighted by Gasteiger charge is -2.29. The van der Waals surface area contributed by atoms with Gasteiger partial charge in [-0.05, 0) is 24.1 Å². The molecule has 1 atom stereocenters. The van der Waals surface area contributed by atoms with Crippen LogP contribution >= 0.6 is 0 Å². The minimum atomic E-state index is -0.281. The summed E-state index contributed by atoms with van der Waals surface area (Å²) in [6, 6.07) is 16.7. The Balaban J connectivity index is 1.36. The van der Waals surface area contributed by atoms with Gasteiger partial charge in [-0.25, -0.2) is 4.98 Å². The number of aromatic nitrogens is 2. The number of carbonyl (C=O) groups excluding carboxylic acids is 3. The summed E-state index contributed by atoms with van der Waals surface area (Å²) in [6.07, 6.45) is 2.45. The third-order valence-corrected chi connectivity index (χ3v) is 5.39.